The summed E-state index contributed by atoms with van der Waals surface area (Å²) in [6.45, 7) is 5.42. The van der Waals surface area contributed by atoms with Gasteiger partial charge in [0.05, 0.1) is 42.4 Å². The number of aliphatic carboxylic acids is 1. The number of ether oxygens (including phenoxy) is 1. The number of nitrogens with zero attached hydrogens (tertiary/aromatic N) is 4. The lowest BCUT2D eigenvalue weighted by molar-refractivity contribution is -0.163. The van der Waals surface area contributed by atoms with Crippen molar-refractivity contribution in [2.24, 2.45) is 11.8 Å². The van der Waals surface area contributed by atoms with E-state index in [1.165, 1.54) is 36.0 Å². The highest BCUT2D eigenvalue weighted by Crippen LogP contribution is 2.52. The Bertz CT molecular complexity index is 1820. The molecule has 6 atom stereocenters. The highest BCUT2D eigenvalue weighted by Gasteiger charge is 2.60. The van der Waals surface area contributed by atoms with Gasteiger partial charge in [-0.3, -0.25) is 14.4 Å². The topological polar surface area (TPSA) is 162 Å². The van der Waals surface area contributed by atoms with Gasteiger partial charge in [-0.1, -0.05) is 6.92 Å². The van der Waals surface area contributed by atoms with Gasteiger partial charge in [-0.25, -0.2) is 14.0 Å². The highest BCUT2D eigenvalue weighted by atomic mass is 32.2. The number of halogens is 1. The lowest BCUT2D eigenvalue weighted by Gasteiger charge is -2.46. The second-order valence-corrected chi connectivity index (χ2v) is 14.7. The van der Waals surface area contributed by atoms with Crippen LogP contribution < -0.4 is 15.6 Å². The second kappa shape index (κ2) is 12.2. The maximum atomic E-state index is 15.5. The average molecular weight is 684 g/mol. The molecule has 3 saturated heterocycles. The summed E-state index contributed by atoms with van der Waals surface area (Å²) in [4.78, 5) is 69.3. The van der Waals surface area contributed by atoms with Crippen molar-refractivity contribution in [2.75, 3.05) is 44.7 Å². The molecule has 4 fully saturated rings. The molecular weight excluding hydrogens is 645 g/mol. The Balaban J connectivity index is 1.01. The molecule has 15 heteroatoms. The number of hydrogen-bond acceptors (Lipinski definition) is 10. The molecule has 0 bridgehead atoms. The van der Waals surface area contributed by atoms with Gasteiger partial charge < -0.3 is 39.5 Å². The Hall–Kier alpha value is -3.95. The standard InChI is InChI=1S/C33H38FN5O8S/c1-15-26-25(16(2)40)31(43)39(26)27(32(44)45)29(15)48-18-10-22(35-13-18)30(42)37-8-6-36(7-9-37)24-12-23-19(11-21(24)34)28(41)20(33(46)47-3)14-38(23)17-4-5-17/h11-12,14-18,22,25-26,35,40H,4-10,13H2,1-3H3,(H,44,45)/t15-,16-,18+,22+,25-,26-/m1/s1. The quantitative estimate of drug-likeness (QED) is 0.273. The number of piperazine rings is 1. The normalized spacial score (nSPS) is 27.7. The minimum atomic E-state index is -1.18. The Morgan fingerprint density at radius 2 is 1.83 bits per heavy atom. The number of carboxylic acid groups (broad SMARTS) is 1. The Kier molecular flexibility index (Phi) is 8.27. The van der Waals surface area contributed by atoms with Gasteiger partial charge in [-0.15, -0.1) is 11.8 Å². The monoisotopic (exact) mass is 683 g/mol. The molecular formula is C33H38FN5O8S. The van der Waals surface area contributed by atoms with E-state index in [4.69, 9.17) is 4.74 Å². The van der Waals surface area contributed by atoms with Gasteiger partial charge in [0, 0.05) is 66.4 Å². The number of rotatable bonds is 8. The maximum absolute atomic E-state index is 15.5. The molecule has 1 aromatic carbocycles. The summed E-state index contributed by atoms with van der Waals surface area (Å²) in [6.07, 6.45) is 2.89. The number of aromatic nitrogens is 1. The van der Waals surface area contributed by atoms with Gasteiger partial charge in [-0.2, -0.15) is 0 Å². The van der Waals surface area contributed by atoms with Crippen molar-refractivity contribution < 1.29 is 38.5 Å². The molecule has 5 heterocycles. The zero-order valence-electron chi connectivity index (χ0n) is 26.8. The fraction of sp³-hybridized carbons (Fsp3) is 0.545. The zero-order valence-corrected chi connectivity index (χ0v) is 27.7. The lowest BCUT2D eigenvalue weighted by Crippen LogP contribution is -2.63. The number of benzene rings is 1. The van der Waals surface area contributed by atoms with E-state index >= 15 is 4.39 Å². The average Bonchev–Trinajstić information content (AvgIpc) is 3.74. The highest BCUT2D eigenvalue weighted by molar-refractivity contribution is 8.03. The van der Waals surface area contributed by atoms with E-state index in [-0.39, 0.29) is 51.7 Å². The molecule has 48 heavy (non-hydrogen) atoms. The van der Waals surface area contributed by atoms with E-state index in [1.807, 2.05) is 16.4 Å². The van der Waals surface area contributed by atoms with E-state index < -0.39 is 41.2 Å². The first kappa shape index (κ1) is 32.6. The Morgan fingerprint density at radius 3 is 2.46 bits per heavy atom. The summed E-state index contributed by atoms with van der Waals surface area (Å²) in [5.41, 5.74) is 0.162. The van der Waals surface area contributed by atoms with E-state index in [0.717, 1.165) is 12.8 Å². The van der Waals surface area contributed by atoms with Gasteiger partial charge in [0.1, 0.15) is 17.1 Å². The van der Waals surface area contributed by atoms with Crippen LogP contribution in [0.3, 0.4) is 0 Å². The van der Waals surface area contributed by atoms with Gasteiger partial charge in [0.15, 0.2) is 0 Å². The fourth-order valence-corrected chi connectivity index (χ4v) is 9.22. The van der Waals surface area contributed by atoms with Crippen LogP contribution in [0.4, 0.5) is 10.1 Å². The third-order valence-corrected chi connectivity index (χ3v) is 11.9. The maximum Gasteiger partial charge on any atom is 0.353 e. The predicted octanol–water partition coefficient (Wildman–Crippen LogP) is 1.53. The molecule has 256 valence electrons. The van der Waals surface area contributed by atoms with Gasteiger partial charge in [-0.05, 0) is 38.3 Å². The van der Waals surface area contributed by atoms with Gasteiger partial charge in [0.2, 0.25) is 17.2 Å². The van der Waals surface area contributed by atoms with Crippen LogP contribution in [0.2, 0.25) is 0 Å². The number of hydrogen-bond donors (Lipinski definition) is 3. The molecule has 4 aliphatic heterocycles. The van der Waals surface area contributed by atoms with Crippen molar-refractivity contribution in [3.8, 4) is 0 Å². The number of carboxylic acids is 1. The van der Waals surface area contributed by atoms with Crippen LogP contribution in [-0.2, 0) is 19.1 Å². The molecule has 0 unspecified atom stereocenters. The number of aliphatic hydroxyl groups is 1. The molecule has 1 saturated carbocycles. The van der Waals surface area contributed by atoms with Crippen molar-refractivity contribution in [3.63, 3.8) is 0 Å². The predicted molar refractivity (Wildman–Crippen MR) is 174 cm³/mol. The molecule has 7 rings (SSSR count). The summed E-state index contributed by atoms with van der Waals surface area (Å²) >= 11 is 1.39. The first-order valence-corrected chi connectivity index (χ1v) is 17.2. The summed E-state index contributed by atoms with van der Waals surface area (Å²) in [5.74, 6) is -3.84. The molecule has 5 aliphatic rings. The molecule has 1 aliphatic carbocycles. The summed E-state index contributed by atoms with van der Waals surface area (Å²) in [5, 5.41) is 23.4. The molecule has 1 aromatic heterocycles. The third kappa shape index (κ3) is 5.26. The van der Waals surface area contributed by atoms with E-state index in [2.05, 4.69) is 5.32 Å². The number of carbonyl (C=O) groups is 4. The van der Waals surface area contributed by atoms with Crippen LogP contribution in [0, 0.1) is 17.7 Å². The van der Waals surface area contributed by atoms with E-state index in [0.29, 0.717) is 55.3 Å². The molecule has 0 radical (unpaired) electrons. The minimum Gasteiger partial charge on any atom is -0.477 e. The molecule has 13 nitrogen and oxygen atoms in total. The molecule has 2 aromatic rings. The number of nitrogens with one attached hydrogen (secondary N) is 1. The van der Waals surface area contributed by atoms with Crippen LogP contribution in [0.25, 0.3) is 10.9 Å². The first-order valence-electron chi connectivity index (χ1n) is 16.3. The van der Waals surface area contributed by atoms with E-state index in [9.17, 15) is 34.2 Å². The summed E-state index contributed by atoms with van der Waals surface area (Å²) < 4.78 is 22.2. The van der Waals surface area contributed by atoms with Crippen LogP contribution >= 0.6 is 11.8 Å². The largest absolute Gasteiger partial charge is 0.477 e. The van der Waals surface area contributed by atoms with Gasteiger partial charge in [0.25, 0.3) is 0 Å². The number of amides is 2. The van der Waals surface area contributed by atoms with Crippen LogP contribution in [-0.4, -0.2) is 112 Å². The number of thioether (sulfide) groups is 1. The SMILES string of the molecule is COC(=O)c1cn(C2CC2)c2cc(N3CCN(C(=O)[C@@H]4C[C@H](SC5=C(C(=O)O)N6C(=O)[C@H]([C@@H](C)O)[C@H]6[C@H]5C)CN4)CC3)c(F)cc2c1=O. The lowest BCUT2D eigenvalue weighted by atomic mass is 9.79. The molecule has 2 amide bonds. The molecule has 0 spiro atoms. The Labute approximate surface area is 279 Å². The Morgan fingerprint density at radius 1 is 1.12 bits per heavy atom. The van der Waals surface area contributed by atoms with E-state index in [1.54, 1.807) is 17.9 Å². The van der Waals surface area contributed by atoms with Crippen LogP contribution in [0.1, 0.15) is 49.5 Å². The first-order chi connectivity index (χ1) is 22.9. The summed E-state index contributed by atoms with van der Waals surface area (Å²) in [6, 6.07) is 2.12. The number of anilines is 1. The van der Waals surface area contributed by atoms with Crippen molar-refractivity contribution in [2.45, 2.75) is 62.6 Å². The number of carbonyl (C=O) groups excluding carboxylic acids is 3. The smallest absolute Gasteiger partial charge is 0.353 e. The van der Waals surface area contributed by atoms with Crippen molar-refractivity contribution in [1.29, 1.82) is 0 Å². The number of esters is 1. The fourth-order valence-electron chi connectivity index (χ4n) is 7.74. The summed E-state index contributed by atoms with van der Waals surface area (Å²) in [7, 11) is 1.20. The zero-order chi connectivity index (χ0) is 34.2. The number of aliphatic hydroxyl groups excluding tert-OH is 1. The minimum absolute atomic E-state index is 0.0238. The van der Waals surface area contributed by atoms with Gasteiger partial charge >= 0.3 is 11.9 Å². The van der Waals surface area contributed by atoms with Crippen molar-refractivity contribution in [3.05, 3.63) is 50.5 Å². The van der Waals surface area contributed by atoms with Crippen LogP contribution in [0.5, 0.6) is 0 Å². The second-order valence-electron chi connectivity index (χ2n) is 13.3. The molecule has 3 N–H and O–H groups in total. The third-order valence-electron chi connectivity index (χ3n) is 10.4. The van der Waals surface area contributed by atoms with Crippen molar-refractivity contribution in [1.82, 2.24) is 19.7 Å². The number of methoxy groups -OCH3 is 1. The van der Waals surface area contributed by atoms with Crippen molar-refractivity contribution >= 4 is 52.1 Å². The number of pyridine rings is 1. The number of fused-ring (bicyclic) bond motifs is 2. The number of β-lactam (4-membered cyclic amide) rings is 1. The van der Waals surface area contributed by atoms with Crippen LogP contribution in [0.15, 0.2) is 33.7 Å².